The molecule has 0 spiro atoms. The van der Waals surface area contributed by atoms with E-state index < -0.39 is 0 Å². The molecule has 1 aliphatic heterocycles. The molecule has 0 unspecified atom stereocenters. The summed E-state index contributed by atoms with van der Waals surface area (Å²) >= 11 is 0. The summed E-state index contributed by atoms with van der Waals surface area (Å²) < 4.78 is 9.80. The number of hydrogen-bond donors (Lipinski definition) is 0. The predicted molar refractivity (Wildman–Crippen MR) is 69.9 cm³/mol. The van der Waals surface area contributed by atoms with E-state index in [1.165, 1.54) is 12.8 Å². The SMILES string of the molecule is CC(C)n1cc(OCc2nnc3n2CCCC3)cn1. The minimum absolute atomic E-state index is 0.346. The van der Waals surface area contributed by atoms with E-state index in [1.807, 2.05) is 10.9 Å². The van der Waals surface area contributed by atoms with Gasteiger partial charge in [-0.15, -0.1) is 10.2 Å². The molecule has 0 N–H and O–H groups in total. The average Bonchev–Trinajstić information content (AvgIpc) is 3.03. The smallest absolute Gasteiger partial charge is 0.171 e. The maximum atomic E-state index is 5.74. The van der Waals surface area contributed by atoms with Gasteiger partial charge in [0.05, 0.1) is 12.4 Å². The lowest BCUT2D eigenvalue weighted by Crippen LogP contribution is -2.14. The molecule has 0 bridgehead atoms. The Balaban J connectivity index is 1.67. The molecule has 0 aromatic carbocycles. The van der Waals surface area contributed by atoms with Crippen molar-refractivity contribution in [3.8, 4) is 5.75 Å². The highest BCUT2D eigenvalue weighted by Gasteiger charge is 2.16. The van der Waals surface area contributed by atoms with Crippen LogP contribution in [0.15, 0.2) is 12.4 Å². The Morgan fingerprint density at radius 2 is 2.21 bits per heavy atom. The summed E-state index contributed by atoms with van der Waals surface area (Å²) in [4.78, 5) is 0. The summed E-state index contributed by atoms with van der Waals surface area (Å²) in [5.41, 5.74) is 0. The number of rotatable bonds is 4. The van der Waals surface area contributed by atoms with Crippen molar-refractivity contribution >= 4 is 0 Å². The van der Waals surface area contributed by atoms with Gasteiger partial charge in [-0.05, 0) is 26.7 Å². The van der Waals surface area contributed by atoms with Crippen LogP contribution in [0.5, 0.6) is 5.75 Å². The van der Waals surface area contributed by atoms with E-state index in [4.69, 9.17) is 4.74 Å². The summed E-state index contributed by atoms with van der Waals surface area (Å²) in [6, 6.07) is 0.346. The Bertz CT molecular complexity index is 557. The fraction of sp³-hybridized carbons (Fsp3) is 0.615. The zero-order valence-electron chi connectivity index (χ0n) is 11.4. The number of nitrogens with zero attached hydrogens (tertiary/aromatic N) is 5. The van der Waals surface area contributed by atoms with Gasteiger partial charge < -0.3 is 9.30 Å². The average molecular weight is 261 g/mol. The third kappa shape index (κ3) is 2.47. The van der Waals surface area contributed by atoms with Crippen LogP contribution in [0.4, 0.5) is 0 Å². The number of fused-ring (bicyclic) bond motifs is 1. The second kappa shape index (κ2) is 5.03. The quantitative estimate of drug-likeness (QED) is 0.844. The van der Waals surface area contributed by atoms with Crippen LogP contribution in [-0.4, -0.2) is 24.5 Å². The van der Waals surface area contributed by atoms with E-state index in [0.29, 0.717) is 12.6 Å². The van der Waals surface area contributed by atoms with Crippen LogP contribution in [0, 0.1) is 0 Å². The first-order valence-corrected chi connectivity index (χ1v) is 6.82. The topological polar surface area (TPSA) is 57.8 Å². The minimum Gasteiger partial charge on any atom is -0.482 e. The number of ether oxygens (including phenoxy) is 1. The molecule has 2 aromatic rings. The summed E-state index contributed by atoms with van der Waals surface area (Å²) in [6.45, 7) is 5.64. The molecule has 3 rings (SSSR count). The van der Waals surface area contributed by atoms with E-state index in [-0.39, 0.29) is 0 Å². The highest BCUT2D eigenvalue weighted by molar-refractivity contribution is 5.12. The van der Waals surface area contributed by atoms with E-state index in [1.54, 1.807) is 6.20 Å². The summed E-state index contributed by atoms with van der Waals surface area (Å²) in [5, 5.41) is 12.7. The first-order chi connectivity index (χ1) is 9.24. The summed E-state index contributed by atoms with van der Waals surface area (Å²) in [5.74, 6) is 2.77. The molecule has 0 radical (unpaired) electrons. The Hall–Kier alpha value is -1.85. The monoisotopic (exact) mass is 261 g/mol. The summed E-state index contributed by atoms with van der Waals surface area (Å²) in [6.07, 6.45) is 7.09. The van der Waals surface area contributed by atoms with Crippen LogP contribution in [0.25, 0.3) is 0 Å². The maximum absolute atomic E-state index is 5.74. The minimum atomic E-state index is 0.346. The van der Waals surface area contributed by atoms with Crippen molar-refractivity contribution in [2.45, 2.75) is 52.3 Å². The standard InChI is InChI=1S/C13H19N5O/c1-10(2)18-8-11(7-14-18)19-9-13-16-15-12-5-3-4-6-17(12)13/h7-8,10H,3-6,9H2,1-2H3. The zero-order chi connectivity index (χ0) is 13.2. The van der Waals surface area contributed by atoms with Crippen LogP contribution in [0.3, 0.4) is 0 Å². The van der Waals surface area contributed by atoms with Crippen LogP contribution < -0.4 is 4.74 Å². The third-order valence-corrected chi connectivity index (χ3v) is 3.41. The van der Waals surface area contributed by atoms with E-state index in [0.717, 1.165) is 30.4 Å². The van der Waals surface area contributed by atoms with E-state index in [9.17, 15) is 0 Å². The van der Waals surface area contributed by atoms with Gasteiger partial charge in [0, 0.05) is 19.0 Å². The van der Waals surface area contributed by atoms with Crippen molar-refractivity contribution in [2.24, 2.45) is 0 Å². The predicted octanol–water partition coefficient (Wildman–Crippen LogP) is 1.97. The molecule has 0 fully saturated rings. The molecule has 19 heavy (non-hydrogen) atoms. The Labute approximate surface area is 112 Å². The maximum Gasteiger partial charge on any atom is 0.171 e. The summed E-state index contributed by atoms with van der Waals surface area (Å²) in [7, 11) is 0. The lowest BCUT2D eigenvalue weighted by molar-refractivity contribution is 0.285. The van der Waals surface area contributed by atoms with Crippen LogP contribution >= 0.6 is 0 Å². The first-order valence-electron chi connectivity index (χ1n) is 6.82. The molecule has 6 nitrogen and oxygen atoms in total. The fourth-order valence-electron chi connectivity index (χ4n) is 2.30. The van der Waals surface area contributed by atoms with Crippen molar-refractivity contribution in [3.05, 3.63) is 24.0 Å². The van der Waals surface area contributed by atoms with E-state index >= 15 is 0 Å². The van der Waals surface area contributed by atoms with Gasteiger partial charge in [0.15, 0.2) is 11.6 Å². The second-order valence-electron chi connectivity index (χ2n) is 5.18. The Morgan fingerprint density at radius 1 is 1.32 bits per heavy atom. The largest absolute Gasteiger partial charge is 0.482 e. The van der Waals surface area contributed by atoms with Gasteiger partial charge in [-0.2, -0.15) is 5.10 Å². The van der Waals surface area contributed by atoms with Gasteiger partial charge in [-0.1, -0.05) is 0 Å². The lowest BCUT2D eigenvalue weighted by Gasteiger charge is -2.14. The van der Waals surface area contributed by atoms with Gasteiger partial charge >= 0.3 is 0 Å². The third-order valence-electron chi connectivity index (χ3n) is 3.41. The van der Waals surface area contributed by atoms with Crippen LogP contribution in [0.2, 0.25) is 0 Å². The molecular weight excluding hydrogens is 242 g/mol. The van der Waals surface area contributed by atoms with E-state index in [2.05, 4.69) is 33.7 Å². The highest BCUT2D eigenvalue weighted by atomic mass is 16.5. The van der Waals surface area contributed by atoms with Crippen molar-refractivity contribution in [3.63, 3.8) is 0 Å². The van der Waals surface area contributed by atoms with Gasteiger partial charge in [-0.25, -0.2) is 0 Å². The highest BCUT2D eigenvalue weighted by Crippen LogP contribution is 2.17. The first kappa shape index (κ1) is 12.2. The van der Waals surface area contributed by atoms with Crippen LogP contribution in [-0.2, 0) is 19.6 Å². The lowest BCUT2D eigenvalue weighted by atomic mass is 10.2. The number of aromatic nitrogens is 5. The van der Waals surface area contributed by atoms with Crippen molar-refractivity contribution in [1.82, 2.24) is 24.5 Å². The Morgan fingerprint density at radius 3 is 3.00 bits per heavy atom. The molecule has 1 aliphatic rings. The van der Waals surface area contributed by atoms with Gasteiger partial charge in [0.2, 0.25) is 0 Å². The second-order valence-corrected chi connectivity index (χ2v) is 5.18. The molecule has 0 atom stereocenters. The number of hydrogen-bond acceptors (Lipinski definition) is 4. The van der Waals surface area contributed by atoms with Crippen LogP contribution in [0.1, 0.15) is 44.4 Å². The molecule has 0 amide bonds. The molecule has 3 heterocycles. The molecule has 102 valence electrons. The molecule has 6 heteroatoms. The fourth-order valence-corrected chi connectivity index (χ4v) is 2.30. The number of aryl methyl sites for hydroxylation is 1. The molecule has 0 aliphatic carbocycles. The Kier molecular flexibility index (Phi) is 3.23. The molecule has 0 saturated heterocycles. The molecular formula is C13H19N5O. The van der Waals surface area contributed by atoms with Crippen molar-refractivity contribution < 1.29 is 4.74 Å². The zero-order valence-corrected chi connectivity index (χ0v) is 11.4. The van der Waals surface area contributed by atoms with Crippen molar-refractivity contribution in [1.29, 1.82) is 0 Å². The molecule has 2 aromatic heterocycles. The molecule has 0 saturated carbocycles. The van der Waals surface area contributed by atoms with Crippen molar-refractivity contribution in [2.75, 3.05) is 0 Å². The van der Waals surface area contributed by atoms with Gasteiger partial charge in [0.1, 0.15) is 12.4 Å². The van der Waals surface area contributed by atoms with Gasteiger partial charge in [0.25, 0.3) is 0 Å². The normalized spacial score (nSPS) is 14.7. The van der Waals surface area contributed by atoms with Gasteiger partial charge in [-0.3, -0.25) is 4.68 Å².